The zero-order chi connectivity index (χ0) is 16.9. The smallest absolute Gasteiger partial charge is 0.254 e. The van der Waals surface area contributed by atoms with E-state index in [2.05, 4.69) is 12.1 Å². The van der Waals surface area contributed by atoms with E-state index in [1.807, 2.05) is 23.1 Å². The van der Waals surface area contributed by atoms with Gasteiger partial charge in [0.15, 0.2) is 0 Å². The van der Waals surface area contributed by atoms with Crippen LogP contribution in [0, 0.1) is 5.92 Å². The van der Waals surface area contributed by atoms with Gasteiger partial charge in [0, 0.05) is 40.6 Å². The first kappa shape index (κ1) is 16.9. The molecule has 0 heterocycles. The fraction of sp³-hybridized carbons (Fsp3) is 0.350. The molecule has 3 rings (SSSR count). The Morgan fingerprint density at radius 3 is 2.29 bits per heavy atom. The summed E-state index contributed by atoms with van der Waals surface area (Å²) in [5.41, 5.74) is 1.82. The van der Waals surface area contributed by atoms with Crippen LogP contribution in [0.2, 0.25) is 0 Å². The number of benzene rings is 2. The molecule has 2 aromatic rings. The van der Waals surface area contributed by atoms with Crippen molar-refractivity contribution >= 4 is 16.7 Å². The summed E-state index contributed by atoms with van der Waals surface area (Å²) in [6.07, 6.45) is 5.35. The monoisotopic (exact) mass is 341 g/mol. The molecule has 0 saturated heterocycles. The summed E-state index contributed by atoms with van der Waals surface area (Å²) in [7, 11) is -1.02. The largest absolute Gasteiger partial charge is 0.334 e. The molecule has 2 aromatic carbocycles. The van der Waals surface area contributed by atoms with Gasteiger partial charge in [0.2, 0.25) is 0 Å². The first-order valence-electron chi connectivity index (χ1n) is 8.40. The Labute approximate surface area is 146 Å². The van der Waals surface area contributed by atoms with E-state index in [1.54, 1.807) is 30.5 Å². The van der Waals surface area contributed by atoms with Gasteiger partial charge in [0.05, 0.1) is 0 Å². The maximum atomic E-state index is 13.0. The number of nitrogens with zero attached hydrogens (tertiary/aromatic N) is 1. The van der Waals surface area contributed by atoms with Crippen LogP contribution < -0.4 is 0 Å². The summed E-state index contributed by atoms with van der Waals surface area (Å²) in [6.45, 7) is 1.45. The molecule has 126 valence electrons. The van der Waals surface area contributed by atoms with Gasteiger partial charge in [-0.25, -0.2) is 0 Å². The number of rotatable bonds is 6. The fourth-order valence-corrected chi connectivity index (χ4v) is 3.50. The number of carbonyl (C=O) groups is 1. The Bertz CT molecular complexity index is 708. The molecule has 3 nitrogen and oxygen atoms in total. The molecule has 0 spiro atoms. The van der Waals surface area contributed by atoms with Crippen molar-refractivity contribution in [2.75, 3.05) is 12.8 Å². The van der Waals surface area contributed by atoms with Crippen LogP contribution in [0.3, 0.4) is 0 Å². The third kappa shape index (κ3) is 4.12. The van der Waals surface area contributed by atoms with Crippen molar-refractivity contribution in [1.29, 1.82) is 0 Å². The molecule has 1 aliphatic carbocycles. The second kappa shape index (κ2) is 7.75. The van der Waals surface area contributed by atoms with Crippen LogP contribution in [0.4, 0.5) is 0 Å². The van der Waals surface area contributed by atoms with Gasteiger partial charge in [-0.3, -0.25) is 9.00 Å². The first-order valence-corrected chi connectivity index (χ1v) is 9.96. The molecule has 1 unspecified atom stereocenters. The minimum atomic E-state index is -1.02. The molecule has 0 bridgehead atoms. The van der Waals surface area contributed by atoms with E-state index < -0.39 is 10.8 Å². The second-order valence-corrected chi connectivity index (χ2v) is 7.83. The van der Waals surface area contributed by atoms with Crippen LogP contribution in [-0.2, 0) is 17.3 Å². The minimum absolute atomic E-state index is 0.0548. The summed E-state index contributed by atoms with van der Waals surface area (Å²) in [4.78, 5) is 15.7. The van der Waals surface area contributed by atoms with Crippen molar-refractivity contribution < 1.29 is 9.00 Å². The second-order valence-electron chi connectivity index (χ2n) is 6.45. The Morgan fingerprint density at radius 2 is 1.75 bits per heavy atom. The molecule has 1 fully saturated rings. The standard InChI is InChI=1S/C20H23NO2S/c1-24(23)19-12-10-18(11-13-19)20(22)21(15-17-8-5-9-17)14-16-6-3-2-4-7-16/h2-4,6-7,10-13,17H,5,8-9,14-15H2,1H3. The van der Waals surface area contributed by atoms with E-state index in [-0.39, 0.29) is 5.91 Å². The van der Waals surface area contributed by atoms with E-state index in [1.165, 1.54) is 19.3 Å². The van der Waals surface area contributed by atoms with Crippen molar-refractivity contribution in [3.63, 3.8) is 0 Å². The number of amides is 1. The van der Waals surface area contributed by atoms with Crippen LogP contribution in [0.15, 0.2) is 59.5 Å². The molecular formula is C20H23NO2S. The molecule has 0 aliphatic heterocycles. The molecule has 1 amide bonds. The average Bonchev–Trinajstić information content (AvgIpc) is 2.57. The third-order valence-corrected chi connectivity index (χ3v) is 5.58. The van der Waals surface area contributed by atoms with Gasteiger partial charge < -0.3 is 4.90 Å². The van der Waals surface area contributed by atoms with Gasteiger partial charge >= 0.3 is 0 Å². The van der Waals surface area contributed by atoms with Gasteiger partial charge in [-0.2, -0.15) is 0 Å². The van der Waals surface area contributed by atoms with Crippen LogP contribution in [-0.4, -0.2) is 27.8 Å². The van der Waals surface area contributed by atoms with Gasteiger partial charge in [-0.05, 0) is 48.6 Å². The van der Waals surface area contributed by atoms with Gasteiger partial charge in [-0.1, -0.05) is 36.8 Å². The summed E-state index contributed by atoms with van der Waals surface area (Å²) in [6, 6.07) is 17.3. The first-order chi connectivity index (χ1) is 11.6. The van der Waals surface area contributed by atoms with Gasteiger partial charge in [-0.15, -0.1) is 0 Å². The fourth-order valence-electron chi connectivity index (χ4n) is 2.98. The Hall–Kier alpha value is -1.94. The van der Waals surface area contributed by atoms with Crippen LogP contribution in [0.1, 0.15) is 35.2 Å². The number of hydrogen-bond donors (Lipinski definition) is 0. The Morgan fingerprint density at radius 1 is 1.08 bits per heavy atom. The maximum Gasteiger partial charge on any atom is 0.254 e. The Balaban J connectivity index is 1.77. The molecule has 1 aliphatic rings. The van der Waals surface area contributed by atoms with E-state index in [4.69, 9.17) is 0 Å². The molecule has 0 aromatic heterocycles. The molecule has 4 heteroatoms. The number of carbonyl (C=O) groups excluding carboxylic acids is 1. The lowest BCUT2D eigenvalue weighted by Crippen LogP contribution is -2.37. The average molecular weight is 341 g/mol. The SMILES string of the molecule is CS(=O)c1ccc(C(=O)N(Cc2ccccc2)CC2CCC2)cc1. The van der Waals surface area contributed by atoms with E-state index in [0.29, 0.717) is 18.0 Å². The lowest BCUT2D eigenvalue weighted by molar-refractivity contribution is 0.0679. The van der Waals surface area contributed by atoms with Gasteiger partial charge in [0.1, 0.15) is 0 Å². The van der Waals surface area contributed by atoms with Crippen molar-refractivity contribution in [3.8, 4) is 0 Å². The van der Waals surface area contributed by atoms with E-state index in [9.17, 15) is 9.00 Å². The van der Waals surface area contributed by atoms with Crippen molar-refractivity contribution in [2.45, 2.75) is 30.7 Å². The molecule has 0 radical (unpaired) electrons. The third-order valence-electron chi connectivity index (χ3n) is 4.64. The summed E-state index contributed by atoms with van der Waals surface area (Å²) in [5, 5.41) is 0. The molecule has 1 atom stereocenters. The normalized spacial score (nSPS) is 15.5. The van der Waals surface area contributed by atoms with Crippen molar-refractivity contribution in [2.24, 2.45) is 5.92 Å². The highest BCUT2D eigenvalue weighted by Crippen LogP contribution is 2.28. The van der Waals surface area contributed by atoms with Crippen LogP contribution >= 0.6 is 0 Å². The molecular weight excluding hydrogens is 318 g/mol. The Kier molecular flexibility index (Phi) is 5.46. The highest BCUT2D eigenvalue weighted by molar-refractivity contribution is 7.84. The predicted octanol–water partition coefficient (Wildman–Crippen LogP) is 3.87. The number of hydrogen-bond acceptors (Lipinski definition) is 2. The molecule has 1 saturated carbocycles. The van der Waals surface area contributed by atoms with Gasteiger partial charge in [0.25, 0.3) is 5.91 Å². The quantitative estimate of drug-likeness (QED) is 0.800. The lowest BCUT2D eigenvalue weighted by Gasteiger charge is -2.32. The van der Waals surface area contributed by atoms with Crippen molar-refractivity contribution in [3.05, 3.63) is 65.7 Å². The molecule has 0 N–H and O–H groups in total. The molecule has 24 heavy (non-hydrogen) atoms. The highest BCUT2D eigenvalue weighted by atomic mass is 32.2. The zero-order valence-corrected chi connectivity index (χ0v) is 14.8. The topological polar surface area (TPSA) is 37.4 Å². The minimum Gasteiger partial charge on any atom is -0.334 e. The maximum absolute atomic E-state index is 13.0. The summed E-state index contributed by atoms with van der Waals surface area (Å²) >= 11 is 0. The van der Waals surface area contributed by atoms with Crippen LogP contribution in [0.5, 0.6) is 0 Å². The van der Waals surface area contributed by atoms with Crippen molar-refractivity contribution in [1.82, 2.24) is 4.90 Å². The van der Waals surface area contributed by atoms with E-state index in [0.717, 1.165) is 17.0 Å². The predicted molar refractivity (Wildman–Crippen MR) is 97.3 cm³/mol. The highest BCUT2D eigenvalue weighted by Gasteiger charge is 2.24. The zero-order valence-electron chi connectivity index (χ0n) is 14.0. The summed E-state index contributed by atoms with van der Waals surface area (Å²) < 4.78 is 11.5. The lowest BCUT2D eigenvalue weighted by atomic mass is 9.85. The van der Waals surface area contributed by atoms with E-state index >= 15 is 0 Å². The van der Waals surface area contributed by atoms with Crippen LogP contribution in [0.25, 0.3) is 0 Å². The summed E-state index contributed by atoms with van der Waals surface area (Å²) in [5.74, 6) is 0.680.